The van der Waals surface area contributed by atoms with E-state index in [1.807, 2.05) is 66.7 Å². The fourth-order valence-corrected chi connectivity index (χ4v) is 5.04. The fraction of sp³-hybridized carbons (Fsp3) is 0.323. The van der Waals surface area contributed by atoms with Gasteiger partial charge in [-0.3, -0.25) is 9.59 Å². The minimum Gasteiger partial charge on any atom is -0.481 e. The van der Waals surface area contributed by atoms with Crippen molar-refractivity contribution in [2.75, 3.05) is 13.2 Å². The molecule has 8 heteroatoms. The van der Waals surface area contributed by atoms with Gasteiger partial charge in [0.15, 0.2) is 0 Å². The summed E-state index contributed by atoms with van der Waals surface area (Å²) in [6, 6.07) is 24.5. The average Bonchev–Trinajstić information content (AvgIpc) is 3.69. The van der Waals surface area contributed by atoms with Crippen molar-refractivity contribution in [1.29, 1.82) is 0 Å². The molecule has 3 aromatic rings. The molecule has 202 valence electrons. The number of benzene rings is 3. The summed E-state index contributed by atoms with van der Waals surface area (Å²) in [5.41, 5.74) is 4.41. The van der Waals surface area contributed by atoms with Gasteiger partial charge in [0.05, 0.1) is 18.1 Å². The number of amides is 2. The van der Waals surface area contributed by atoms with Crippen molar-refractivity contribution in [3.63, 3.8) is 0 Å². The van der Waals surface area contributed by atoms with Crippen LogP contribution in [-0.2, 0) is 25.7 Å². The van der Waals surface area contributed by atoms with Crippen molar-refractivity contribution in [2.45, 2.75) is 44.4 Å². The number of carbonyl (C=O) groups excluding carboxylic acids is 2. The van der Waals surface area contributed by atoms with Gasteiger partial charge in [0.1, 0.15) is 12.6 Å². The Morgan fingerprint density at radius 2 is 1.51 bits per heavy atom. The molecule has 2 aliphatic rings. The van der Waals surface area contributed by atoms with Gasteiger partial charge in [-0.2, -0.15) is 0 Å². The third-order valence-corrected chi connectivity index (χ3v) is 7.63. The molecule has 8 nitrogen and oxygen atoms in total. The number of rotatable bonds is 11. The summed E-state index contributed by atoms with van der Waals surface area (Å²) in [5.74, 6) is -1.57. The zero-order valence-corrected chi connectivity index (χ0v) is 21.8. The third kappa shape index (κ3) is 5.81. The molecule has 0 radical (unpaired) electrons. The molecular weight excluding hydrogens is 496 g/mol. The van der Waals surface area contributed by atoms with Gasteiger partial charge in [0.2, 0.25) is 5.91 Å². The molecule has 1 fully saturated rings. The first-order valence-corrected chi connectivity index (χ1v) is 13.2. The van der Waals surface area contributed by atoms with Crippen molar-refractivity contribution in [3.8, 4) is 11.1 Å². The Labute approximate surface area is 227 Å². The lowest BCUT2D eigenvalue weighted by Crippen LogP contribution is -2.54. The normalized spacial score (nSPS) is 16.3. The van der Waals surface area contributed by atoms with Gasteiger partial charge in [0.25, 0.3) is 0 Å². The molecule has 0 aliphatic heterocycles. The number of carboxylic acids is 1. The highest BCUT2D eigenvalue weighted by atomic mass is 16.5. The number of alkyl carbamates (subject to hydrolysis) is 1. The van der Waals surface area contributed by atoms with E-state index in [2.05, 4.69) is 22.8 Å². The summed E-state index contributed by atoms with van der Waals surface area (Å²) in [7, 11) is 0. The number of nitrogens with one attached hydrogen (secondary N) is 2. The number of ether oxygens (including phenoxy) is 2. The Morgan fingerprint density at radius 3 is 2.10 bits per heavy atom. The maximum Gasteiger partial charge on any atom is 0.407 e. The van der Waals surface area contributed by atoms with Gasteiger partial charge in [0, 0.05) is 12.5 Å². The van der Waals surface area contributed by atoms with E-state index in [0.717, 1.165) is 27.8 Å². The number of hydrogen-bond donors (Lipinski definition) is 3. The molecule has 2 amide bonds. The Hall–Kier alpha value is -4.17. The first-order chi connectivity index (χ1) is 18.9. The summed E-state index contributed by atoms with van der Waals surface area (Å²) in [4.78, 5) is 37.7. The van der Waals surface area contributed by atoms with Crippen LogP contribution in [0.4, 0.5) is 4.79 Å². The highest BCUT2D eigenvalue weighted by molar-refractivity contribution is 5.87. The molecule has 0 unspecified atom stereocenters. The molecule has 0 spiro atoms. The predicted octanol–water partition coefficient (Wildman–Crippen LogP) is 4.48. The lowest BCUT2D eigenvalue weighted by atomic mass is 9.98. The van der Waals surface area contributed by atoms with Crippen LogP contribution < -0.4 is 10.6 Å². The first-order valence-electron chi connectivity index (χ1n) is 13.2. The van der Waals surface area contributed by atoms with E-state index in [1.165, 1.54) is 0 Å². The smallest absolute Gasteiger partial charge is 0.407 e. The molecule has 0 aromatic heterocycles. The Bertz CT molecular complexity index is 1310. The average molecular weight is 529 g/mol. The van der Waals surface area contributed by atoms with Crippen LogP contribution in [0.25, 0.3) is 11.1 Å². The zero-order chi connectivity index (χ0) is 27.4. The largest absolute Gasteiger partial charge is 0.481 e. The third-order valence-electron chi connectivity index (χ3n) is 7.63. The van der Waals surface area contributed by atoms with Crippen molar-refractivity contribution < 1.29 is 29.0 Å². The van der Waals surface area contributed by atoms with E-state index in [0.29, 0.717) is 12.8 Å². The first kappa shape index (κ1) is 26.4. The Balaban J connectivity index is 1.25. The molecule has 5 rings (SSSR count). The Morgan fingerprint density at radius 1 is 0.923 bits per heavy atom. The molecule has 3 N–H and O–H groups in total. The Kier molecular flexibility index (Phi) is 7.65. The SMILES string of the molecule is C[C@H](OCc1ccccc1)[C@@H](NC(=O)OCC1c2ccccc2-c2ccccc21)C(=O)NCC1(C(=O)O)CC1. The molecule has 2 aliphatic carbocycles. The lowest BCUT2D eigenvalue weighted by Gasteiger charge is -2.25. The molecule has 0 heterocycles. The molecule has 3 aromatic carbocycles. The summed E-state index contributed by atoms with van der Waals surface area (Å²) < 4.78 is 11.6. The summed E-state index contributed by atoms with van der Waals surface area (Å²) in [5, 5.41) is 14.8. The molecule has 1 saturated carbocycles. The monoisotopic (exact) mass is 528 g/mol. The molecule has 2 atom stereocenters. The second-order valence-electron chi connectivity index (χ2n) is 10.3. The van der Waals surface area contributed by atoms with Crippen LogP contribution in [0.15, 0.2) is 78.9 Å². The highest BCUT2D eigenvalue weighted by Gasteiger charge is 2.50. The van der Waals surface area contributed by atoms with Crippen LogP contribution in [0.2, 0.25) is 0 Å². The van der Waals surface area contributed by atoms with Gasteiger partial charge < -0.3 is 25.2 Å². The molecule has 0 bridgehead atoms. The van der Waals surface area contributed by atoms with Crippen molar-refractivity contribution in [1.82, 2.24) is 10.6 Å². The van der Waals surface area contributed by atoms with Gasteiger partial charge >= 0.3 is 12.1 Å². The summed E-state index contributed by atoms with van der Waals surface area (Å²) >= 11 is 0. The number of hydrogen-bond acceptors (Lipinski definition) is 5. The van der Waals surface area contributed by atoms with Gasteiger partial charge in [-0.25, -0.2) is 4.79 Å². The van der Waals surface area contributed by atoms with E-state index < -0.39 is 35.5 Å². The van der Waals surface area contributed by atoms with Crippen LogP contribution in [0.3, 0.4) is 0 Å². The van der Waals surface area contributed by atoms with Gasteiger partial charge in [-0.15, -0.1) is 0 Å². The maximum atomic E-state index is 13.2. The summed E-state index contributed by atoms with van der Waals surface area (Å²) in [6.07, 6.45) is -0.433. The fourth-order valence-electron chi connectivity index (χ4n) is 5.04. The van der Waals surface area contributed by atoms with Crippen LogP contribution in [-0.4, -0.2) is 48.4 Å². The van der Waals surface area contributed by atoms with Crippen molar-refractivity contribution in [3.05, 3.63) is 95.6 Å². The number of fused-ring (bicyclic) bond motifs is 3. The standard InChI is InChI=1S/C31H32N2O6/c1-20(38-17-21-9-3-2-4-10-21)27(28(34)32-19-31(15-16-31)29(35)36)33-30(37)39-18-26-24-13-7-5-11-22(24)23-12-6-8-14-25(23)26/h2-14,20,26-27H,15-19H2,1H3,(H,32,34)(H,33,37)(H,35,36)/t20-,27+/m0/s1. The quantitative estimate of drug-likeness (QED) is 0.338. The van der Waals surface area contributed by atoms with Crippen LogP contribution in [0.5, 0.6) is 0 Å². The topological polar surface area (TPSA) is 114 Å². The summed E-state index contributed by atoms with van der Waals surface area (Å²) in [6.45, 7) is 2.04. The van der Waals surface area contributed by atoms with Crippen LogP contribution in [0.1, 0.15) is 42.4 Å². The molecule has 39 heavy (non-hydrogen) atoms. The van der Waals surface area contributed by atoms with Crippen molar-refractivity contribution in [2.24, 2.45) is 5.41 Å². The van der Waals surface area contributed by atoms with E-state index in [1.54, 1.807) is 6.92 Å². The molecular formula is C31H32N2O6. The van der Waals surface area contributed by atoms with Gasteiger partial charge in [-0.05, 0) is 47.6 Å². The lowest BCUT2D eigenvalue weighted by molar-refractivity contribution is -0.143. The van der Waals surface area contributed by atoms with E-state index >= 15 is 0 Å². The molecule has 0 saturated heterocycles. The van der Waals surface area contributed by atoms with Crippen molar-refractivity contribution >= 4 is 18.0 Å². The predicted molar refractivity (Wildman–Crippen MR) is 145 cm³/mol. The zero-order valence-electron chi connectivity index (χ0n) is 21.8. The van der Waals surface area contributed by atoms with E-state index in [-0.39, 0.29) is 25.7 Å². The highest BCUT2D eigenvalue weighted by Crippen LogP contribution is 2.45. The number of carbonyl (C=O) groups is 3. The number of carboxylic acid groups (broad SMARTS) is 1. The second kappa shape index (κ2) is 11.3. The van der Waals surface area contributed by atoms with Crippen LogP contribution >= 0.6 is 0 Å². The minimum atomic E-state index is -1.08. The second-order valence-corrected chi connectivity index (χ2v) is 10.3. The van der Waals surface area contributed by atoms with E-state index in [9.17, 15) is 19.5 Å². The number of aliphatic carboxylic acids is 1. The van der Waals surface area contributed by atoms with Gasteiger partial charge in [-0.1, -0.05) is 78.9 Å². The minimum absolute atomic E-state index is 0.00452. The van der Waals surface area contributed by atoms with Crippen LogP contribution in [0, 0.1) is 5.41 Å². The maximum absolute atomic E-state index is 13.2. The van der Waals surface area contributed by atoms with E-state index in [4.69, 9.17) is 9.47 Å².